The molecule has 0 saturated carbocycles. The van der Waals surface area contributed by atoms with Crippen LogP contribution >= 0.6 is 0 Å². The first-order valence-electron chi connectivity index (χ1n) is 11.8. The Bertz CT molecular complexity index is 1210. The number of nitrogens with one attached hydrogen (secondary N) is 2. The van der Waals surface area contributed by atoms with Gasteiger partial charge < -0.3 is 20.1 Å². The lowest BCUT2D eigenvalue weighted by Gasteiger charge is -2.32. The molecule has 0 unspecified atom stereocenters. The van der Waals surface area contributed by atoms with Gasteiger partial charge in [0.15, 0.2) is 0 Å². The smallest absolute Gasteiger partial charge is 0.269 e. The molecule has 6 heteroatoms. The third-order valence-corrected chi connectivity index (χ3v) is 6.34. The molecule has 2 amide bonds. The van der Waals surface area contributed by atoms with Gasteiger partial charge in [0, 0.05) is 56.6 Å². The second-order valence-corrected chi connectivity index (χ2v) is 9.92. The van der Waals surface area contributed by atoms with Gasteiger partial charge in [0.25, 0.3) is 5.91 Å². The van der Waals surface area contributed by atoms with Gasteiger partial charge in [-0.1, -0.05) is 48.5 Å². The highest BCUT2D eigenvalue weighted by molar-refractivity contribution is 5.98. The number of rotatable bonds is 7. The molecular formula is C28H34N4O2. The average Bonchev–Trinajstić information content (AvgIpc) is 3.26. The third-order valence-electron chi connectivity index (χ3n) is 6.34. The van der Waals surface area contributed by atoms with Crippen molar-refractivity contribution in [2.24, 2.45) is 0 Å². The Balaban J connectivity index is 1.41. The van der Waals surface area contributed by atoms with E-state index in [1.54, 1.807) is 19.0 Å². The van der Waals surface area contributed by atoms with Gasteiger partial charge in [-0.15, -0.1) is 0 Å². The zero-order chi connectivity index (χ0) is 24.3. The first kappa shape index (κ1) is 23.8. The number of hydrogen-bond donors (Lipinski definition) is 2. The molecule has 1 aromatic heterocycles. The quantitative estimate of drug-likeness (QED) is 0.550. The largest absolute Gasteiger partial charge is 0.351 e. The predicted octanol–water partition coefficient (Wildman–Crippen LogP) is 4.44. The molecule has 0 spiro atoms. The maximum atomic E-state index is 13.2. The summed E-state index contributed by atoms with van der Waals surface area (Å²) in [7, 11) is 3.49. The van der Waals surface area contributed by atoms with E-state index in [9.17, 15) is 9.59 Å². The molecule has 1 aliphatic heterocycles. The molecule has 34 heavy (non-hydrogen) atoms. The second-order valence-electron chi connectivity index (χ2n) is 9.92. The van der Waals surface area contributed by atoms with Crippen molar-refractivity contribution < 1.29 is 9.59 Å². The van der Waals surface area contributed by atoms with Crippen LogP contribution in [0, 0.1) is 0 Å². The second kappa shape index (κ2) is 9.85. The van der Waals surface area contributed by atoms with E-state index in [4.69, 9.17) is 0 Å². The summed E-state index contributed by atoms with van der Waals surface area (Å²) in [5.41, 5.74) is 4.65. The maximum absolute atomic E-state index is 13.2. The van der Waals surface area contributed by atoms with Crippen molar-refractivity contribution in [2.45, 2.75) is 38.8 Å². The molecule has 6 nitrogen and oxygen atoms in total. The summed E-state index contributed by atoms with van der Waals surface area (Å²) in [6.45, 7) is 6.24. The lowest BCUT2D eigenvalue weighted by molar-refractivity contribution is -0.132. The third kappa shape index (κ3) is 5.57. The molecule has 1 aliphatic rings. The Morgan fingerprint density at radius 1 is 1.09 bits per heavy atom. The number of carbonyl (C=O) groups is 2. The summed E-state index contributed by atoms with van der Waals surface area (Å²) in [6, 6.07) is 18.3. The van der Waals surface area contributed by atoms with Crippen LogP contribution in [-0.4, -0.2) is 59.3 Å². The Kier molecular flexibility index (Phi) is 6.89. The molecule has 0 atom stereocenters. The maximum Gasteiger partial charge on any atom is 0.269 e. The molecule has 2 aromatic carbocycles. The highest BCUT2D eigenvalue weighted by Crippen LogP contribution is 2.26. The fourth-order valence-electron chi connectivity index (χ4n) is 4.34. The zero-order valence-electron chi connectivity index (χ0n) is 20.5. The number of aromatic nitrogens is 1. The minimum Gasteiger partial charge on any atom is -0.351 e. The normalized spacial score (nSPS) is 14.2. The van der Waals surface area contributed by atoms with Crippen molar-refractivity contribution in [3.8, 4) is 0 Å². The number of fused-ring (bicyclic) bond motifs is 1. The van der Waals surface area contributed by atoms with Crippen LogP contribution in [0.1, 0.15) is 48.3 Å². The van der Waals surface area contributed by atoms with E-state index in [0.717, 1.165) is 41.5 Å². The van der Waals surface area contributed by atoms with Gasteiger partial charge in [-0.05, 0) is 49.1 Å². The number of aromatic amines is 1. The lowest BCUT2D eigenvalue weighted by Crippen LogP contribution is -2.45. The Morgan fingerprint density at radius 3 is 2.59 bits per heavy atom. The molecule has 3 aromatic rings. The highest BCUT2D eigenvalue weighted by Gasteiger charge is 2.26. The van der Waals surface area contributed by atoms with Crippen molar-refractivity contribution in [2.75, 3.05) is 27.2 Å². The SMILES string of the molecule is CN(C)C(=O)c1cc2ccc(C3=CCCN(C(=O)CC(C)(C)NCc4ccccc4)C3)cc2[nH]1. The zero-order valence-corrected chi connectivity index (χ0v) is 20.5. The summed E-state index contributed by atoms with van der Waals surface area (Å²) in [5, 5.41) is 4.53. The molecule has 4 rings (SSSR count). The van der Waals surface area contributed by atoms with Gasteiger partial charge in [0.1, 0.15) is 5.69 Å². The molecule has 2 N–H and O–H groups in total. The van der Waals surface area contributed by atoms with Crippen molar-refractivity contribution in [3.63, 3.8) is 0 Å². The van der Waals surface area contributed by atoms with Gasteiger partial charge >= 0.3 is 0 Å². The predicted molar refractivity (Wildman–Crippen MR) is 137 cm³/mol. The molecule has 0 bridgehead atoms. The van der Waals surface area contributed by atoms with Crippen LogP contribution in [0.25, 0.3) is 16.5 Å². The number of H-pyrrole nitrogens is 1. The number of carbonyl (C=O) groups excluding carboxylic acids is 2. The van der Waals surface area contributed by atoms with E-state index in [2.05, 4.69) is 54.5 Å². The molecule has 0 saturated heterocycles. The molecular weight excluding hydrogens is 424 g/mol. The van der Waals surface area contributed by atoms with Crippen molar-refractivity contribution in [3.05, 3.63) is 77.5 Å². The van der Waals surface area contributed by atoms with Gasteiger partial charge in [-0.3, -0.25) is 9.59 Å². The van der Waals surface area contributed by atoms with Crippen LogP contribution in [0.3, 0.4) is 0 Å². The molecule has 0 fully saturated rings. The van der Waals surface area contributed by atoms with Crippen LogP contribution in [0.15, 0.2) is 60.7 Å². The number of hydrogen-bond acceptors (Lipinski definition) is 3. The number of nitrogens with zero attached hydrogens (tertiary/aromatic N) is 2. The molecule has 0 radical (unpaired) electrons. The van der Waals surface area contributed by atoms with Crippen LogP contribution < -0.4 is 5.32 Å². The minimum atomic E-state index is -0.299. The standard InChI is InChI=1S/C28H34N4O2/c1-28(2,29-18-20-9-6-5-7-10-20)17-26(33)32-14-8-11-23(19-32)21-12-13-22-16-25(27(34)31(3)4)30-24(22)15-21/h5-7,9-13,15-16,29-30H,8,14,17-19H2,1-4H3. The summed E-state index contributed by atoms with van der Waals surface area (Å²) in [4.78, 5) is 32.2. The minimum absolute atomic E-state index is 0.0464. The highest BCUT2D eigenvalue weighted by atomic mass is 16.2. The summed E-state index contributed by atoms with van der Waals surface area (Å²) >= 11 is 0. The van der Waals surface area contributed by atoms with Gasteiger partial charge in [-0.2, -0.15) is 0 Å². The van der Waals surface area contributed by atoms with Crippen LogP contribution in [0.4, 0.5) is 0 Å². The van der Waals surface area contributed by atoms with Gasteiger partial charge in [0.05, 0.1) is 0 Å². The Labute approximate surface area is 201 Å². The van der Waals surface area contributed by atoms with E-state index >= 15 is 0 Å². The summed E-state index contributed by atoms with van der Waals surface area (Å²) in [5.74, 6) is 0.117. The van der Waals surface area contributed by atoms with Gasteiger partial charge in [-0.25, -0.2) is 0 Å². The van der Waals surface area contributed by atoms with E-state index < -0.39 is 0 Å². The van der Waals surface area contributed by atoms with Crippen LogP contribution in [0.2, 0.25) is 0 Å². The average molecular weight is 459 g/mol. The summed E-state index contributed by atoms with van der Waals surface area (Å²) < 4.78 is 0. The van der Waals surface area contributed by atoms with Crippen molar-refractivity contribution in [1.29, 1.82) is 0 Å². The first-order chi connectivity index (χ1) is 16.2. The lowest BCUT2D eigenvalue weighted by atomic mass is 9.96. The topological polar surface area (TPSA) is 68.4 Å². The van der Waals surface area contributed by atoms with Crippen LogP contribution in [0.5, 0.6) is 0 Å². The first-order valence-corrected chi connectivity index (χ1v) is 11.8. The van der Waals surface area contributed by atoms with E-state index in [0.29, 0.717) is 18.7 Å². The fraction of sp³-hybridized carbons (Fsp3) is 0.357. The number of amides is 2. The number of benzene rings is 2. The Hall–Kier alpha value is -3.38. The van der Waals surface area contributed by atoms with Gasteiger partial charge in [0.2, 0.25) is 5.91 Å². The van der Waals surface area contributed by atoms with Crippen molar-refractivity contribution >= 4 is 28.3 Å². The molecule has 2 heterocycles. The van der Waals surface area contributed by atoms with E-state index in [1.807, 2.05) is 35.2 Å². The van der Waals surface area contributed by atoms with Crippen molar-refractivity contribution in [1.82, 2.24) is 20.1 Å². The molecule has 0 aliphatic carbocycles. The van der Waals surface area contributed by atoms with Crippen LogP contribution in [-0.2, 0) is 11.3 Å². The van der Waals surface area contributed by atoms with E-state index in [-0.39, 0.29) is 17.4 Å². The fourth-order valence-corrected chi connectivity index (χ4v) is 4.34. The Morgan fingerprint density at radius 2 is 1.85 bits per heavy atom. The summed E-state index contributed by atoms with van der Waals surface area (Å²) in [6.07, 6.45) is 3.50. The monoisotopic (exact) mass is 458 g/mol. The molecule has 178 valence electrons. The van der Waals surface area contributed by atoms with E-state index in [1.165, 1.54) is 5.56 Å².